The molecule has 0 aliphatic rings. The number of unbranched alkanes of at least 4 members (excludes halogenated alkanes) is 15. The highest BCUT2D eigenvalue weighted by atomic mass is 16.4. The third kappa shape index (κ3) is 21.8. The van der Waals surface area contributed by atoms with E-state index in [1.54, 1.807) is 18.2 Å². The lowest BCUT2D eigenvalue weighted by Crippen LogP contribution is -2.61. The second kappa shape index (κ2) is 30.7. The van der Waals surface area contributed by atoms with Crippen LogP contribution in [0.1, 0.15) is 149 Å². The molecule has 3 N–H and O–H groups in total. The standard InChI is InChI=1S/C41H66O6/c1-4-7-10-13-14-15-16-17-18-19-20-21-22-23-24-25-26-29-30-33-36(42)39(45)40(46)41(47,37(43)34-31-27-11-8-5-2)38(44)35-32-28-12-9-6-3/h18-26,29-30,33,39-40,45-47H,4-17,27-28,31-32,34-35H2,1-3H3/b19-18+,21-20+,23-22+,25-24+,29-26+,33-30+. The van der Waals surface area contributed by atoms with Crippen LogP contribution < -0.4 is 0 Å². The highest BCUT2D eigenvalue weighted by Crippen LogP contribution is 2.24. The fraction of sp³-hybridized carbons (Fsp3) is 0.634. The van der Waals surface area contributed by atoms with Gasteiger partial charge in [-0.15, -0.1) is 0 Å². The summed E-state index contributed by atoms with van der Waals surface area (Å²) in [4.78, 5) is 38.8. The van der Waals surface area contributed by atoms with E-state index >= 15 is 0 Å². The van der Waals surface area contributed by atoms with E-state index in [1.165, 1.54) is 51.0 Å². The Morgan fingerprint density at radius 2 is 0.872 bits per heavy atom. The van der Waals surface area contributed by atoms with Crippen LogP contribution in [0.25, 0.3) is 0 Å². The van der Waals surface area contributed by atoms with Gasteiger partial charge in [0.15, 0.2) is 17.3 Å². The van der Waals surface area contributed by atoms with Crippen LogP contribution in [0.5, 0.6) is 0 Å². The maximum Gasteiger partial charge on any atom is 0.210 e. The fourth-order valence-corrected chi connectivity index (χ4v) is 5.19. The number of Topliss-reactive ketones (excluding diaryl/α,β-unsaturated/α-hetero) is 2. The van der Waals surface area contributed by atoms with Gasteiger partial charge >= 0.3 is 0 Å². The molecule has 0 amide bonds. The molecule has 0 rings (SSSR count). The number of ketones is 3. The van der Waals surface area contributed by atoms with Crippen LogP contribution in [0.3, 0.4) is 0 Å². The Balaban J connectivity index is 4.90. The summed E-state index contributed by atoms with van der Waals surface area (Å²) in [6.45, 7) is 6.39. The van der Waals surface area contributed by atoms with Crippen LogP contribution in [0.15, 0.2) is 72.9 Å². The monoisotopic (exact) mass is 654 g/mol. The van der Waals surface area contributed by atoms with E-state index in [0.29, 0.717) is 12.8 Å². The molecule has 0 saturated heterocycles. The van der Waals surface area contributed by atoms with Gasteiger partial charge in [0, 0.05) is 12.8 Å². The summed E-state index contributed by atoms with van der Waals surface area (Å²) in [5, 5.41) is 32.7. The first-order valence-corrected chi connectivity index (χ1v) is 18.5. The summed E-state index contributed by atoms with van der Waals surface area (Å²) in [5.41, 5.74) is -2.82. The molecule has 0 aromatic rings. The second-order valence-corrected chi connectivity index (χ2v) is 12.5. The van der Waals surface area contributed by atoms with Crippen molar-refractivity contribution in [1.82, 2.24) is 0 Å². The third-order valence-corrected chi connectivity index (χ3v) is 8.25. The fourth-order valence-electron chi connectivity index (χ4n) is 5.19. The van der Waals surface area contributed by atoms with Crippen molar-refractivity contribution in [2.75, 3.05) is 0 Å². The molecule has 6 heteroatoms. The number of carbonyl (C=O) groups excluding carboxylic acids is 3. The van der Waals surface area contributed by atoms with Crippen molar-refractivity contribution in [1.29, 1.82) is 0 Å². The van der Waals surface area contributed by atoms with Crippen LogP contribution in [0.2, 0.25) is 0 Å². The molecule has 47 heavy (non-hydrogen) atoms. The molecule has 0 aromatic heterocycles. The van der Waals surface area contributed by atoms with Crippen molar-refractivity contribution in [3.8, 4) is 0 Å². The normalized spacial score (nSPS) is 14.2. The second-order valence-electron chi connectivity index (χ2n) is 12.5. The van der Waals surface area contributed by atoms with Gasteiger partial charge < -0.3 is 15.3 Å². The molecule has 0 spiro atoms. The predicted octanol–water partition coefficient (Wildman–Crippen LogP) is 9.35. The molecule has 0 aliphatic heterocycles. The minimum Gasteiger partial charge on any atom is -0.386 e. The highest BCUT2D eigenvalue weighted by molar-refractivity contribution is 6.11. The lowest BCUT2D eigenvalue weighted by atomic mass is 9.79. The number of aliphatic hydroxyl groups is 3. The van der Waals surface area contributed by atoms with Gasteiger partial charge in [-0.1, -0.05) is 177 Å². The zero-order chi connectivity index (χ0) is 35.0. The van der Waals surface area contributed by atoms with Crippen LogP contribution in [0.4, 0.5) is 0 Å². The molecule has 2 atom stereocenters. The van der Waals surface area contributed by atoms with Gasteiger partial charge in [-0.05, 0) is 31.8 Å². The largest absolute Gasteiger partial charge is 0.386 e. The van der Waals surface area contributed by atoms with E-state index < -0.39 is 35.2 Å². The maximum absolute atomic E-state index is 13.1. The zero-order valence-electron chi connectivity index (χ0n) is 29.8. The minimum absolute atomic E-state index is 0.106. The van der Waals surface area contributed by atoms with Gasteiger partial charge in [0.05, 0.1) is 0 Å². The first kappa shape index (κ1) is 44.3. The maximum atomic E-state index is 13.1. The van der Waals surface area contributed by atoms with Crippen LogP contribution in [0, 0.1) is 0 Å². The van der Waals surface area contributed by atoms with E-state index in [2.05, 4.69) is 32.9 Å². The van der Waals surface area contributed by atoms with E-state index in [4.69, 9.17) is 0 Å². The molecule has 266 valence electrons. The van der Waals surface area contributed by atoms with Crippen molar-refractivity contribution in [3.05, 3.63) is 72.9 Å². The summed E-state index contributed by atoms with van der Waals surface area (Å²) in [7, 11) is 0. The Bertz CT molecular complexity index is 973. The zero-order valence-corrected chi connectivity index (χ0v) is 29.8. The van der Waals surface area contributed by atoms with Crippen LogP contribution in [-0.2, 0) is 14.4 Å². The summed E-state index contributed by atoms with van der Waals surface area (Å²) in [6.07, 6.45) is 35.5. The summed E-state index contributed by atoms with van der Waals surface area (Å²) in [5.74, 6) is -2.59. The topological polar surface area (TPSA) is 112 Å². The first-order valence-electron chi connectivity index (χ1n) is 18.5. The Labute approximate surface area is 286 Å². The van der Waals surface area contributed by atoms with Crippen molar-refractivity contribution >= 4 is 17.3 Å². The number of allylic oxidation sites excluding steroid dienone is 11. The van der Waals surface area contributed by atoms with Crippen molar-refractivity contribution in [2.45, 2.75) is 167 Å². The minimum atomic E-state index is -2.82. The predicted molar refractivity (Wildman–Crippen MR) is 196 cm³/mol. The van der Waals surface area contributed by atoms with Gasteiger partial charge in [-0.25, -0.2) is 0 Å². The van der Waals surface area contributed by atoms with Crippen LogP contribution >= 0.6 is 0 Å². The van der Waals surface area contributed by atoms with Gasteiger partial charge in [0.25, 0.3) is 0 Å². The SMILES string of the molecule is CCCCCCCCC/C=C/C=C/C=C/C=C/C=C/C=C/C(=O)C(O)C(O)C(O)(C(=O)CCCCCCC)C(=O)CCCCCCC. The van der Waals surface area contributed by atoms with Crippen molar-refractivity contribution in [3.63, 3.8) is 0 Å². The average Bonchev–Trinajstić information content (AvgIpc) is 3.07. The van der Waals surface area contributed by atoms with Gasteiger partial charge in [0.2, 0.25) is 5.60 Å². The number of rotatable bonds is 31. The quantitative estimate of drug-likeness (QED) is 0.0297. The smallest absolute Gasteiger partial charge is 0.210 e. The number of carbonyl (C=O) groups is 3. The molecular weight excluding hydrogens is 588 g/mol. The van der Waals surface area contributed by atoms with Crippen molar-refractivity contribution in [2.24, 2.45) is 0 Å². The average molecular weight is 655 g/mol. The summed E-state index contributed by atoms with van der Waals surface area (Å²) in [6, 6.07) is 0. The first-order chi connectivity index (χ1) is 22.8. The molecule has 0 aromatic carbocycles. The summed E-state index contributed by atoms with van der Waals surface area (Å²) >= 11 is 0. The third-order valence-electron chi connectivity index (χ3n) is 8.25. The van der Waals surface area contributed by atoms with Crippen LogP contribution in [-0.4, -0.2) is 50.5 Å². The molecule has 0 fully saturated rings. The number of hydrogen-bond donors (Lipinski definition) is 3. The molecule has 6 nitrogen and oxygen atoms in total. The lowest BCUT2D eigenvalue weighted by Gasteiger charge is -2.32. The molecule has 0 heterocycles. The molecule has 2 unspecified atom stereocenters. The van der Waals surface area contributed by atoms with E-state index in [1.807, 2.05) is 30.4 Å². The number of aliphatic hydroxyl groups excluding tert-OH is 2. The number of hydrogen-bond acceptors (Lipinski definition) is 6. The molecule has 0 radical (unpaired) electrons. The Kier molecular flexibility index (Phi) is 28.9. The van der Waals surface area contributed by atoms with E-state index in [0.717, 1.165) is 63.9 Å². The Hall–Kier alpha value is -2.67. The Morgan fingerprint density at radius 1 is 0.511 bits per heavy atom. The lowest BCUT2D eigenvalue weighted by molar-refractivity contribution is -0.173. The molecule has 0 bridgehead atoms. The molecule has 0 saturated carbocycles. The van der Waals surface area contributed by atoms with Gasteiger partial charge in [-0.3, -0.25) is 14.4 Å². The molecule has 0 aliphatic carbocycles. The molecular formula is C41H66O6. The highest BCUT2D eigenvalue weighted by Gasteiger charge is 2.52. The van der Waals surface area contributed by atoms with Crippen molar-refractivity contribution < 1.29 is 29.7 Å². The van der Waals surface area contributed by atoms with E-state index in [-0.39, 0.29) is 12.8 Å². The van der Waals surface area contributed by atoms with Gasteiger partial charge in [0.1, 0.15) is 12.2 Å². The Morgan fingerprint density at radius 3 is 1.32 bits per heavy atom. The van der Waals surface area contributed by atoms with E-state index in [9.17, 15) is 29.7 Å². The summed E-state index contributed by atoms with van der Waals surface area (Å²) < 4.78 is 0. The van der Waals surface area contributed by atoms with Gasteiger partial charge in [-0.2, -0.15) is 0 Å².